The largest absolute Gasteiger partial charge is 0.409 e. The van der Waals surface area contributed by atoms with E-state index < -0.39 is 5.41 Å². The van der Waals surface area contributed by atoms with E-state index in [1.165, 1.54) is 0 Å². The molecule has 0 bridgehead atoms. The maximum Gasteiger partial charge on any atom is 0.219 e. The van der Waals surface area contributed by atoms with E-state index in [1.807, 2.05) is 32.9 Å². The molecule has 0 spiro atoms. The van der Waals surface area contributed by atoms with Crippen molar-refractivity contribution in [2.45, 2.75) is 26.2 Å². The van der Waals surface area contributed by atoms with Crippen LogP contribution in [-0.2, 0) is 5.41 Å². The number of rotatable bonds is 4. The molecule has 1 atom stereocenters. The molecule has 116 valence electrons. The summed E-state index contributed by atoms with van der Waals surface area (Å²) in [6, 6.07) is 3.77. The van der Waals surface area contributed by atoms with Gasteiger partial charge in [-0.25, -0.2) is 9.97 Å². The van der Waals surface area contributed by atoms with Gasteiger partial charge in [0.05, 0.1) is 11.1 Å². The second kappa shape index (κ2) is 5.97. The number of aromatic nitrogens is 3. The van der Waals surface area contributed by atoms with E-state index in [1.54, 1.807) is 18.6 Å². The maximum atomic E-state index is 9.05. The van der Waals surface area contributed by atoms with Crippen LogP contribution in [0.5, 0.6) is 0 Å². The summed E-state index contributed by atoms with van der Waals surface area (Å²) in [5.74, 6) is 0.517. The van der Waals surface area contributed by atoms with E-state index >= 15 is 0 Å². The highest BCUT2D eigenvalue weighted by molar-refractivity contribution is 5.91. The fourth-order valence-corrected chi connectivity index (χ4v) is 2.22. The second-order valence-electron chi connectivity index (χ2n) is 5.60. The van der Waals surface area contributed by atoms with Gasteiger partial charge in [0.25, 0.3) is 0 Å². The smallest absolute Gasteiger partial charge is 0.219 e. The molecule has 0 amide bonds. The fraction of sp³-hybridized carbons (Fsp3) is 0.333. The summed E-state index contributed by atoms with van der Waals surface area (Å²) in [6.07, 6.45) is 4.97. The molecule has 2 rings (SSSR count). The Balaban J connectivity index is 2.41. The lowest BCUT2D eigenvalue weighted by molar-refractivity contribution is 0.306. The van der Waals surface area contributed by atoms with Crippen LogP contribution in [0.1, 0.15) is 26.3 Å². The second-order valence-corrected chi connectivity index (χ2v) is 5.60. The zero-order valence-electron chi connectivity index (χ0n) is 12.9. The monoisotopic (exact) mass is 300 g/mol. The molecular formula is C15H20N6O. The van der Waals surface area contributed by atoms with Crippen molar-refractivity contribution in [2.24, 2.45) is 16.8 Å². The van der Waals surface area contributed by atoms with Gasteiger partial charge in [0, 0.05) is 24.2 Å². The molecule has 0 aliphatic rings. The molecule has 0 saturated carbocycles. The predicted molar refractivity (Wildman–Crippen MR) is 85.3 cm³/mol. The Labute approximate surface area is 129 Å². The average Bonchev–Trinajstić information content (AvgIpc) is 2.54. The first-order valence-electron chi connectivity index (χ1n) is 6.92. The Bertz CT molecular complexity index is 665. The first kappa shape index (κ1) is 15.7. The van der Waals surface area contributed by atoms with Crippen LogP contribution in [0.15, 0.2) is 35.9 Å². The summed E-state index contributed by atoms with van der Waals surface area (Å²) < 4.78 is 0. The van der Waals surface area contributed by atoms with Crippen LogP contribution in [0.3, 0.4) is 0 Å². The Morgan fingerprint density at radius 3 is 2.27 bits per heavy atom. The van der Waals surface area contributed by atoms with Crippen molar-refractivity contribution < 1.29 is 5.21 Å². The van der Waals surface area contributed by atoms with Gasteiger partial charge in [-0.3, -0.25) is 4.98 Å². The minimum absolute atomic E-state index is 0.135. The molecule has 0 aliphatic heterocycles. The molecule has 0 unspecified atom stereocenters. The van der Waals surface area contributed by atoms with Gasteiger partial charge in [-0.05, 0) is 24.5 Å². The third-order valence-corrected chi connectivity index (χ3v) is 4.13. The summed E-state index contributed by atoms with van der Waals surface area (Å²) in [6.45, 7) is 5.95. The topological polar surface area (TPSA) is 123 Å². The minimum atomic E-state index is -0.599. The number of nitrogen functional groups attached to an aromatic ring is 1. The molecule has 0 fully saturated rings. The SMILES string of the molecule is CC(C)[C@@](C)(C(N)=NO)c1ccc(-c2cnc(N)nc2)nc1. The fourth-order valence-electron chi connectivity index (χ4n) is 2.22. The molecule has 22 heavy (non-hydrogen) atoms. The van der Waals surface area contributed by atoms with Crippen LogP contribution in [-0.4, -0.2) is 26.0 Å². The highest BCUT2D eigenvalue weighted by atomic mass is 16.4. The van der Waals surface area contributed by atoms with Gasteiger partial charge in [0.15, 0.2) is 0 Å². The van der Waals surface area contributed by atoms with Gasteiger partial charge in [0.1, 0.15) is 5.84 Å². The van der Waals surface area contributed by atoms with Gasteiger partial charge < -0.3 is 16.7 Å². The number of nitrogens with zero attached hydrogens (tertiary/aromatic N) is 4. The molecule has 2 aromatic heterocycles. The van der Waals surface area contributed by atoms with E-state index in [0.717, 1.165) is 16.8 Å². The van der Waals surface area contributed by atoms with Crippen molar-refractivity contribution >= 4 is 11.8 Å². The molecule has 0 aromatic carbocycles. The molecule has 7 heteroatoms. The van der Waals surface area contributed by atoms with E-state index in [-0.39, 0.29) is 17.7 Å². The van der Waals surface area contributed by atoms with Crippen molar-refractivity contribution in [3.05, 3.63) is 36.3 Å². The number of amidine groups is 1. The van der Waals surface area contributed by atoms with Gasteiger partial charge >= 0.3 is 0 Å². The number of hydrogen-bond donors (Lipinski definition) is 3. The summed E-state index contributed by atoms with van der Waals surface area (Å²) in [7, 11) is 0. The number of hydrogen-bond acceptors (Lipinski definition) is 6. The number of oxime groups is 1. The Morgan fingerprint density at radius 2 is 1.82 bits per heavy atom. The lowest BCUT2D eigenvalue weighted by Gasteiger charge is -2.32. The van der Waals surface area contributed by atoms with Crippen LogP contribution in [0.2, 0.25) is 0 Å². The van der Waals surface area contributed by atoms with Crippen molar-refractivity contribution in [3.63, 3.8) is 0 Å². The lowest BCUT2D eigenvalue weighted by atomic mass is 9.73. The van der Waals surface area contributed by atoms with Gasteiger partial charge in [-0.1, -0.05) is 25.1 Å². The van der Waals surface area contributed by atoms with E-state index in [4.69, 9.17) is 16.7 Å². The van der Waals surface area contributed by atoms with E-state index in [9.17, 15) is 0 Å². The van der Waals surface area contributed by atoms with Crippen LogP contribution >= 0.6 is 0 Å². The predicted octanol–water partition coefficient (Wildman–Crippen LogP) is 1.78. The zero-order chi connectivity index (χ0) is 16.3. The zero-order valence-corrected chi connectivity index (χ0v) is 12.9. The Hall–Kier alpha value is -2.70. The Kier molecular flexibility index (Phi) is 4.25. The van der Waals surface area contributed by atoms with Gasteiger partial charge in [0.2, 0.25) is 5.95 Å². The molecule has 0 saturated heterocycles. The van der Waals surface area contributed by atoms with Gasteiger partial charge in [-0.2, -0.15) is 0 Å². The van der Waals surface area contributed by atoms with E-state index in [2.05, 4.69) is 20.1 Å². The quantitative estimate of drug-likeness (QED) is 0.342. The summed E-state index contributed by atoms with van der Waals surface area (Å²) in [5.41, 5.74) is 13.1. The highest BCUT2D eigenvalue weighted by Crippen LogP contribution is 2.32. The summed E-state index contributed by atoms with van der Waals surface area (Å²) in [4.78, 5) is 12.3. The molecular weight excluding hydrogens is 280 g/mol. The highest BCUT2D eigenvalue weighted by Gasteiger charge is 2.35. The molecule has 0 aliphatic carbocycles. The third kappa shape index (κ3) is 2.69. The molecule has 0 radical (unpaired) electrons. The number of pyridine rings is 1. The Morgan fingerprint density at radius 1 is 1.18 bits per heavy atom. The summed E-state index contributed by atoms with van der Waals surface area (Å²) >= 11 is 0. The third-order valence-electron chi connectivity index (χ3n) is 4.13. The molecule has 2 aromatic rings. The minimum Gasteiger partial charge on any atom is -0.409 e. The number of anilines is 1. The van der Waals surface area contributed by atoms with Gasteiger partial charge in [-0.15, -0.1) is 0 Å². The summed E-state index contributed by atoms with van der Waals surface area (Å²) in [5, 5.41) is 12.2. The van der Waals surface area contributed by atoms with Crippen LogP contribution in [0.4, 0.5) is 5.95 Å². The van der Waals surface area contributed by atoms with Crippen molar-refractivity contribution in [3.8, 4) is 11.3 Å². The van der Waals surface area contributed by atoms with Crippen LogP contribution in [0, 0.1) is 5.92 Å². The standard InChI is InChI=1S/C15H20N6O/c1-9(2)15(3,13(16)21-22)11-4-5-12(18-8-11)10-6-19-14(17)20-7-10/h4-9,22H,1-3H3,(H2,16,21)(H2,17,19,20)/t15-/m1/s1. The average molecular weight is 300 g/mol. The molecule has 7 nitrogen and oxygen atoms in total. The number of nitrogens with two attached hydrogens (primary N) is 2. The van der Waals surface area contributed by atoms with E-state index in [0.29, 0.717) is 0 Å². The normalized spacial score (nSPS) is 14.8. The molecule has 2 heterocycles. The first-order chi connectivity index (χ1) is 10.4. The van der Waals surface area contributed by atoms with Crippen molar-refractivity contribution in [1.29, 1.82) is 0 Å². The van der Waals surface area contributed by atoms with Crippen molar-refractivity contribution in [2.75, 3.05) is 5.73 Å². The van der Waals surface area contributed by atoms with Crippen LogP contribution < -0.4 is 11.5 Å². The van der Waals surface area contributed by atoms with Crippen molar-refractivity contribution in [1.82, 2.24) is 15.0 Å². The lowest BCUT2D eigenvalue weighted by Crippen LogP contribution is -2.43. The maximum absolute atomic E-state index is 9.05. The van der Waals surface area contributed by atoms with Crippen LogP contribution in [0.25, 0.3) is 11.3 Å². The first-order valence-corrected chi connectivity index (χ1v) is 6.92. The molecule has 5 N–H and O–H groups in total.